The van der Waals surface area contributed by atoms with Gasteiger partial charge in [-0.25, -0.2) is 0 Å². The van der Waals surface area contributed by atoms with E-state index in [2.05, 4.69) is 0 Å². The molecule has 0 atom stereocenters. The predicted molar refractivity (Wildman–Crippen MR) is 110 cm³/mol. The van der Waals surface area contributed by atoms with Crippen molar-refractivity contribution in [3.8, 4) is 5.75 Å². The van der Waals surface area contributed by atoms with Gasteiger partial charge >= 0.3 is 0 Å². The normalized spacial score (nSPS) is 14.0. The van der Waals surface area contributed by atoms with Gasteiger partial charge in [-0.15, -0.1) is 0 Å². The highest BCUT2D eigenvalue weighted by molar-refractivity contribution is 5.94. The Balaban J connectivity index is 1.48. The lowest BCUT2D eigenvalue weighted by molar-refractivity contribution is -0.134. The summed E-state index contributed by atoms with van der Waals surface area (Å²) in [5.41, 5.74) is 2.88. The zero-order valence-corrected chi connectivity index (χ0v) is 16.7. The van der Waals surface area contributed by atoms with Gasteiger partial charge in [-0.05, 0) is 43.3 Å². The third-order valence-electron chi connectivity index (χ3n) is 4.93. The lowest BCUT2D eigenvalue weighted by atomic mass is 10.1. The highest BCUT2D eigenvalue weighted by Crippen LogP contribution is 2.15. The van der Waals surface area contributed by atoms with E-state index in [1.165, 1.54) is 0 Å². The van der Waals surface area contributed by atoms with Gasteiger partial charge in [0.15, 0.2) is 6.61 Å². The van der Waals surface area contributed by atoms with Gasteiger partial charge in [0.05, 0.1) is 0 Å². The van der Waals surface area contributed by atoms with E-state index in [4.69, 9.17) is 4.74 Å². The van der Waals surface area contributed by atoms with Crippen LogP contribution in [0.1, 0.15) is 15.9 Å². The maximum Gasteiger partial charge on any atom is 0.260 e. The summed E-state index contributed by atoms with van der Waals surface area (Å²) in [6, 6.07) is 15.2. The molecule has 1 heterocycles. The Morgan fingerprint density at radius 2 is 1.46 bits per heavy atom. The molecule has 2 aromatic rings. The lowest BCUT2D eigenvalue weighted by Gasteiger charge is -2.34. The van der Waals surface area contributed by atoms with Crippen LogP contribution in [-0.4, -0.2) is 68.5 Å². The van der Waals surface area contributed by atoms with Crippen molar-refractivity contribution in [1.29, 1.82) is 0 Å². The van der Waals surface area contributed by atoms with Crippen LogP contribution < -0.4 is 9.64 Å². The number of amides is 2. The first-order chi connectivity index (χ1) is 13.4. The molecule has 3 rings (SSSR count). The number of aryl methyl sites for hydroxylation is 1. The molecule has 0 unspecified atom stereocenters. The minimum atomic E-state index is -0.0528. The highest BCUT2D eigenvalue weighted by atomic mass is 16.5. The summed E-state index contributed by atoms with van der Waals surface area (Å²) in [6.45, 7) is 4.14. The van der Waals surface area contributed by atoms with E-state index >= 15 is 0 Å². The number of hydrogen-bond acceptors (Lipinski definition) is 4. The predicted octanol–water partition coefficient (Wildman–Crippen LogP) is 2.42. The topological polar surface area (TPSA) is 53.1 Å². The van der Waals surface area contributed by atoms with Crippen molar-refractivity contribution < 1.29 is 14.3 Å². The van der Waals surface area contributed by atoms with Crippen molar-refractivity contribution in [2.24, 2.45) is 0 Å². The lowest BCUT2D eigenvalue weighted by Crippen LogP contribution is -2.51. The molecule has 28 heavy (non-hydrogen) atoms. The molecule has 0 N–H and O–H groups in total. The Kier molecular flexibility index (Phi) is 6.19. The molecule has 148 valence electrons. The second kappa shape index (κ2) is 8.78. The molecule has 0 aromatic heterocycles. The molecule has 0 spiro atoms. The molecule has 1 fully saturated rings. The molecule has 1 aliphatic heterocycles. The van der Waals surface area contributed by atoms with Gasteiger partial charge in [-0.3, -0.25) is 9.59 Å². The van der Waals surface area contributed by atoms with Crippen LogP contribution in [-0.2, 0) is 4.79 Å². The van der Waals surface area contributed by atoms with E-state index < -0.39 is 0 Å². The molecule has 0 saturated carbocycles. The number of carbonyl (C=O) groups is 2. The van der Waals surface area contributed by atoms with Gasteiger partial charge in [0, 0.05) is 51.5 Å². The Hall–Kier alpha value is -3.02. The van der Waals surface area contributed by atoms with Crippen molar-refractivity contribution in [1.82, 2.24) is 9.80 Å². The number of ether oxygens (including phenoxy) is 1. The fourth-order valence-electron chi connectivity index (χ4n) is 3.11. The molecule has 1 aliphatic rings. The van der Waals surface area contributed by atoms with Gasteiger partial charge in [0.25, 0.3) is 11.8 Å². The minimum absolute atomic E-state index is 0.00769. The van der Waals surface area contributed by atoms with E-state index in [1.54, 1.807) is 9.80 Å². The molecule has 0 aliphatic carbocycles. The molecule has 0 radical (unpaired) electrons. The maximum atomic E-state index is 12.7. The Morgan fingerprint density at radius 3 is 2.04 bits per heavy atom. The fourth-order valence-corrected chi connectivity index (χ4v) is 3.11. The summed E-state index contributed by atoms with van der Waals surface area (Å²) in [6.07, 6.45) is 0. The van der Waals surface area contributed by atoms with Crippen LogP contribution >= 0.6 is 0 Å². The molecule has 6 heteroatoms. The quantitative estimate of drug-likeness (QED) is 0.798. The van der Waals surface area contributed by atoms with Crippen molar-refractivity contribution >= 4 is 17.5 Å². The van der Waals surface area contributed by atoms with Crippen molar-refractivity contribution in [3.05, 3.63) is 59.7 Å². The van der Waals surface area contributed by atoms with Crippen LogP contribution in [0.4, 0.5) is 5.69 Å². The van der Waals surface area contributed by atoms with Crippen LogP contribution in [0.25, 0.3) is 0 Å². The SMILES string of the molecule is Cc1ccc(OCC(=O)N2CCN(C(=O)c3ccc(N(C)C)cc3)CC2)cc1. The first kappa shape index (κ1) is 19.7. The molecule has 2 aromatic carbocycles. The van der Waals surface area contributed by atoms with Crippen molar-refractivity contribution in [2.75, 3.05) is 51.8 Å². The second-order valence-corrected chi connectivity index (χ2v) is 7.22. The summed E-state index contributed by atoms with van der Waals surface area (Å²) in [4.78, 5) is 30.6. The van der Waals surface area contributed by atoms with Gasteiger partial charge in [0.2, 0.25) is 0 Å². The van der Waals surface area contributed by atoms with E-state index in [-0.39, 0.29) is 18.4 Å². The molecule has 2 amide bonds. The Morgan fingerprint density at radius 1 is 0.893 bits per heavy atom. The number of anilines is 1. The number of rotatable bonds is 5. The van der Waals surface area contributed by atoms with Gasteiger partial charge in [-0.1, -0.05) is 17.7 Å². The summed E-state index contributed by atoms with van der Waals surface area (Å²) < 4.78 is 5.57. The average Bonchev–Trinajstić information content (AvgIpc) is 2.73. The molecular weight excluding hydrogens is 354 g/mol. The van der Waals surface area contributed by atoms with Crippen LogP contribution in [0.3, 0.4) is 0 Å². The second-order valence-electron chi connectivity index (χ2n) is 7.22. The highest BCUT2D eigenvalue weighted by Gasteiger charge is 2.25. The van der Waals surface area contributed by atoms with E-state index in [1.807, 2.05) is 74.4 Å². The maximum absolute atomic E-state index is 12.7. The monoisotopic (exact) mass is 381 g/mol. The van der Waals surface area contributed by atoms with Gasteiger partial charge in [0.1, 0.15) is 5.75 Å². The minimum Gasteiger partial charge on any atom is -0.484 e. The average molecular weight is 381 g/mol. The molecular formula is C22H27N3O3. The number of piperazine rings is 1. The van der Waals surface area contributed by atoms with Crippen LogP contribution in [0.5, 0.6) is 5.75 Å². The fraction of sp³-hybridized carbons (Fsp3) is 0.364. The Bertz CT molecular complexity index is 808. The first-order valence-electron chi connectivity index (χ1n) is 9.48. The summed E-state index contributed by atoms with van der Waals surface area (Å²) in [5, 5.41) is 0. The number of hydrogen-bond donors (Lipinski definition) is 0. The van der Waals surface area contributed by atoms with E-state index in [0.29, 0.717) is 37.5 Å². The van der Waals surface area contributed by atoms with Gasteiger partial charge < -0.3 is 19.4 Å². The number of benzene rings is 2. The van der Waals surface area contributed by atoms with Crippen molar-refractivity contribution in [2.45, 2.75) is 6.92 Å². The third kappa shape index (κ3) is 4.82. The van der Waals surface area contributed by atoms with Gasteiger partial charge in [-0.2, -0.15) is 0 Å². The molecule has 0 bridgehead atoms. The van der Waals surface area contributed by atoms with E-state index in [9.17, 15) is 9.59 Å². The summed E-state index contributed by atoms with van der Waals surface area (Å²) in [7, 11) is 3.94. The summed E-state index contributed by atoms with van der Waals surface area (Å²) in [5.74, 6) is 0.644. The largest absolute Gasteiger partial charge is 0.484 e. The zero-order chi connectivity index (χ0) is 20.1. The van der Waals surface area contributed by atoms with Crippen LogP contribution in [0, 0.1) is 6.92 Å². The zero-order valence-electron chi connectivity index (χ0n) is 16.7. The first-order valence-corrected chi connectivity index (χ1v) is 9.48. The third-order valence-corrected chi connectivity index (χ3v) is 4.93. The van der Waals surface area contributed by atoms with Crippen LogP contribution in [0.15, 0.2) is 48.5 Å². The molecule has 1 saturated heterocycles. The standard InChI is InChI=1S/C22H27N3O3/c1-17-4-10-20(11-5-17)28-16-21(26)24-12-14-25(15-13-24)22(27)18-6-8-19(9-7-18)23(2)3/h4-11H,12-16H2,1-3H3. The Labute approximate surface area is 166 Å². The van der Waals surface area contributed by atoms with Crippen LogP contribution in [0.2, 0.25) is 0 Å². The summed E-state index contributed by atoms with van der Waals surface area (Å²) >= 11 is 0. The smallest absolute Gasteiger partial charge is 0.260 e. The van der Waals surface area contributed by atoms with E-state index in [0.717, 1.165) is 11.3 Å². The molecule has 6 nitrogen and oxygen atoms in total. The van der Waals surface area contributed by atoms with Crippen molar-refractivity contribution in [3.63, 3.8) is 0 Å². The number of carbonyl (C=O) groups excluding carboxylic acids is 2. The number of nitrogens with zero attached hydrogens (tertiary/aromatic N) is 3.